The standard InChI is InChI=1S/C24H39NO2S3/c1-2-3-4-5-6-7-8-9-10-11-12-13-14-15-16-17-19-29-24-22(25(26)27)23-21(30-24)18-20-28-23/h18,20H,2-17,19H2,1H3. The fraction of sp³-hybridized carbons (Fsp3) is 0.750. The zero-order valence-electron chi connectivity index (χ0n) is 18.7. The molecule has 2 aromatic rings. The maximum Gasteiger partial charge on any atom is 0.311 e. The Bertz CT molecular complexity index is 710. The molecule has 0 amide bonds. The number of nitrogens with zero attached hydrogens (tertiary/aromatic N) is 1. The Kier molecular flexibility index (Phi) is 13.8. The van der Waals surface area contributed by atoms with Gasteiger partial charge in [0, 0.05) is 0 Å². The number of thiophene rings is 2. The van der Waals surface area contributed by atoms with Crippen LogP contribution < -0.4 is 0 Å². The Morgan fingerprint density at radius 3 is 1.83 bits per heavy atom. The number of fused-ring (bicyclic) bond motifs is 1. The minimum Gasteiger partial charge on any atom is -0.258 e. The Morgan fingerprint density at radius 1 is 0.833 bits per heavy atom. The van der Waals surface area contributed by atoms with Crippen molar-refractivity contribution < 1.29 is 4.92 Å². The van der Waals surface area contributed by atoms with Crippen LogP contribution in [-0.4, -0.2) is 10.7 Å². The summed E-state index contributed by atoms with van der Waals surface area (Å²) < 4.78 is 2.79. The summed E-state index contributed by atoms with van der Waals surface area (Å²) in [6.45, 7) is 2.28. The fourth-order valence-corrected chi connectivity index (χ4v) is 7.56. The van der Waals surface area contributed by atoms with Gasteiger partial charge in [-0.15, -0.1) is 34.4 Å². The third kappa shape index (κ3) is 9.69. The van der Waals surface area contributed by atoms with E-state index in [2.05, 4.69) is 6.92 Å². The lowest BCUT2D eigenvalue weighted by atomic mass is 10.0. The van der Waals surface area contributed by atoms with Crippen LogP contribution in [0.4, 0.5) is 5.69 Å². The Hall–Kier alpha value is -0.590. The van der Waals surface area contributed by atoms with E-state index >= 15 is 0 Å². The van der Waals surface area contributed by atoms with Gasteiger partial charge in [0.25, 0.3) is 0 Å². The van der Waals surface area contributed by atoms with Crippen LogP contribution >= 0.6 is 34.4 Å². The molecule has 0 atom stereocenters. The van der Waals surface area contributed by atoms with E-state index in [0.29, 0.717) is 5.69 Å². The molecule has 0 unspecified atom stereocenters. The van der Waals surface area contributed by atoms with Crippen molar-refractivity contribution in [3.63, 3.8) is 0 Å². The normalized spacial score (nSPS) is 11.5. The van der Waals surface area contributed by atoms with Crippen LogP contribution in [0, 0.1) is 10.1 Å². The summed E-state index contributed by atoms with van der Waals surface area (Å²) in [5.41, 5.74) is 0.339. The molecule has 0 aliphatic heterocycles. The van der Waals surface area contributed by atoms with E-state index < -0.39 is 0 Å². The first kappa shape index (κ1) is 25.7. The summed E-state index contributed by atoms with van der Waals surface area (Å²) in [6, 6.07) is 2.00. The van der Waals surface area contributed by atoms with Crippen LogP contribution in [0.25, 0.3) is 9.40 Å². The quantitative estimate of drug-likeness (QED) is 0.0889. The molecule has 2 rings (SSSR count). The summed E-state index contributed by atoms with van der Waals surface area (Å²) >= 11 is 4.74. The molecule has 0 radical (unpaired) electrons. The second kappa shape index (κ2) is 16.1. The van der Waals surface area contributed by atoms with Gasteiger partial charge in [0.05, 0.1) is 9.62 Å². The molecule has 0 bridgehead atoms. The van der Waals surface area contributed by atoms with Gasteiger partial charge in [-0.1, -0.05) is 103 Å². The van der Waals surface area contributed by atoms with Gasteiger partial charge in [-0.3, -0.25) is 10.1 Å². The van der Waals surface area contributed by atoms with Gasteiger partial charge in [0.2, 0.25) is 0 Å². The van der Waals surface area contributed by atoms with Gasteiger partial charge >= 0.3 is 5.69 Å². The van der Waals surface area contributed by atoms with E-state index in [1.54, 1.807) is 23.1 Å². The highest BCUT2D eigenvalue weighted by Crippen LogP contribution is 2.46. The van der Waals surface area contributed by atoms with Gasteiger partial charge in [0.1, 0.15) is 8.91 Å². The third-order valence-electron chi connectivity index (χ3n) is 5.65. The zero-order valence-corrected chi connectivity index (χ0v) is 21.1. The lowest BCUT2D eigenvalue weighted by Gasteiger charge is -2.03. The molecule has 0 N–H and O–H groups in total. The smallest absolute Gasteiger partial charge is 0.258 e. The van der Waals surface area contributed by atoms with E-state index in [1.807, 2.05) is 11.4 Å². The number of unbranched alkanes of at least 4 members (excludes halogenated alkanes) is 15. The van der Waals surface area contributed by atoms with Crippen LogP contribution in [0.1, 0.15) is 110 Å². The average Bonchev–Trinajstić information content (AvgIpc) is 3.31. The van der Waals surface area contributed by atoms with Crippen LogP contribution in [0.5, 0.6) is 0 Å². The van der Waals surface area contributed by atoms with Crippen molar-refractivity contribution in [2.24, 2.45) is 0 Å². The van der Waals surface area contributed by atoms with E-state index in [0.717, 1.165) is 25.8 Å². The van der Waals surface area contributed by atoms with E-state index in [4.69, 9.17) is 0 Å². The molecule has 0 saturated heterocycles. The summed E-state index contributed by atoms with van der Waals surface area (Å²) in [5, 5.41) is 13.3. The van der Waals surface area contributed by atoms with Crippen molar-refractivity contribution in [3.05, 3.63) is 21.6 Å². The number of nitro groups is 1. The molecule has 0 aliphatic carbocycles. The second-order valence-corrected chi connectivity index (χ2v) is 11.6. The number of thioether (sulfide) groups is 1. The van der Waals surface area contributed by atoms with E-state index in [1.165, 1.54) is 108 Å². The molecule has 0 aliphatic rings. The highest BCUT2D eigenvalue weighted by molar-refractivity contribution is 8.01. The molecule has 30 heavy (non-hydrogen) atoms. The van der Waals surface area contributed by atoms with Crippen molar-refractivity contribution in [1.29, 1.82) is 0 Å². The maximum absolute atomic E-state index is 11.4. The summed E-state index contributed by atoms with van der Waals surface area (Å²) in [6.07, 6.45) is 22.0. The topological polar surface area (TPSA) is 43.1 Å². The van der Waals surface area contributed by atoms with Gasteiger partial charge in [-0.25, -0.2) is 0 Å². The minimum atomic E-state index is -0.203. The molecule has 2 heterocycles. The number of hydrogen-bond donors (Lipinski definition) is 0. The molecule has 0 spiro atoms. The maximum atomic E-state index is 11.4. The summed E-state index contributed by atoms with van der Waals surface area (Å²) in [4.78, 5) is 11.2. The van der Waals surface area contributed by atoms with Crippen molar-refractivity contribution in [1.82, 2.24) is 0 Å². The molecule has 3 nitrogen and oxygen atoms in total. The van der Waals surface area contributed by atoms with Crippen LogP contribution in [0.3, 0.4) is 0 Å². The molecule has 0 aromatic carbocycles. The van der Waals surface area contributed by atoms with Crippen LogP contribution in [-0.2, 0) is 0 Å². The van der Waals surface area contributed by atoms with Gasteiger partial charge < -0.3 is 0 Å². The molecule has 2 aromatic heterocycles. The molecule has 0 fully saturated rings. The Labute approximate surface area is 195 Å². The Morgan fingerprint density at radius 2 is 1.33 bits per heavy atom. The Balaban J connectivity index is 1.39. The van der Waals surface area contributed by atoms with Crippen molar-refractivity contribution in [3.8, 4) is 0 Å². The zero-order chi connectivity index (χ0) is 21.4. The molecule has 170 valence electrons. The SMILES string of the molecule is CCCCCCCCCCCCCCCCCCSc1sc2ccsc2c1[N+](=O)[O-]. The lowest BCUT2D eigenvalue weighted by molar-refractivity contribution is -0.385. The van der Waals surface area contributed by atoms with Gasteiger partial charge in [0.15, 0.2) is 0 Å². The van der Waals surface area contributed by atoms with Crippen molar-refractivity contribution in [2.45, 2.75) is 114 Å². The van der Waals surface area contributed by atoms with Gasteiger partial charge in [-0.2, -0.15) is 0 Å². The van der Waals surface area contributed by atoms with E-state index in [-0.39, 0.29) is 4.92 Å². The monoisotopic (exact) mass is 469 g/mol. The highest BCUT2D eigenvalue weighted by atomic mass is 32.2. The van der Waals surface area contributed by atoms with Crippen molar-refractivity contribution in [2.75, 3.05) is 5.75 Å². The van der Waals surface area contributed by atoms with Crippen LogP contribution in [0.2, 0.25) is 0 Å². The van der Waals surface area contributed by atoms with E-state index in [9.17, 15) is 10.1 Å². The molecular weight excluding hydrogens is 430 g/mol. The largest absolute Gasteiger partial charge is 0.311 e. The van der Waals surface area contributed by atoms with Crippen LogP contribution in [0.15, 0.2) is 15.7 Å². The van der Waals surface area contributed by atoms with Gasteiger partial charge in [-0.05, 0) is 23.6 Å². The highest BCUT2D eigenvalue weighted by Gasteiger charge is 2.23. The predicted molar refractivity (Wildman–Crippen MR) is 137 cm³/mol. The first-order valence-corrected chi connectivity index (χ1v) is 14.7. The third-order valence-corrected chi connectivity index (χ3v) is 9.19. The molecule has 6 heteroatoms. The van der Waals surface area contributed by atoms with Crippen molar-refractivity contribution >= 4 is 49.5 Å². The summed E-state index contributed by atoms with van der Waals surface area (Å²) in [7, 11) is 0. The first-order valence-electron chi connectivity index (χ1n) is 12.0. The fourth-order valence-electron chi connectivity index (χ4n) is 3.86. The first-order chi connectivity index (χ1) is 14.7. The minimum absolute atomic E-state index is 0.203. The predicted octanol–water partition coefficient (Wildman–Crippen LogP) is 10.2. The number of hydrogen-bond acceptors (Lipinski definition) is 5. The molecular formula is C24H39NO2S3. The lowest BCUT2D eigenvalue weighted by Crippen LogP contribution is -1.88. The second-order valence-electron chi connectivity index (χ2n) is 8.26. The average molecular weight is 470 g/mol. The number of rotatable bonds is 19. The molecule has 0 saturated carbocycles. The summed E-state index contributed by atoms with van der Waals surface area (Å²) in [5.74, 6) is 0.993.